The Morgan fingerprint density at radius 2 is 1.93 bits per heavy atom. The standard InChI is InChI=1S/C14H19N/c1-6-11-10-12(14(3,4)5)8-9-13(11)15-7-2/h6-10H,1H2,2-5H3/b15-7-. The highest BCUT2D eigenvalue weighted by Crippen LogP contribution is 2.28. The summed E-state index contributed by atoms with van der Waals surface area (Å²) in [5, 5.41) is 0. The smallest absolute Gasteiger partial charge is 0.0697 e. The van der Waals surface area contributed by atoms with Gasteiger partial charge in [-0.25, -0.2) is 0 Å². The van der Waals surface area contributed by atoms with Crippen molar-refractivity contribution in [1.29, 1.82) is 0 Å². The highest BCUT2D eigenvalue weighted by molar-refractivity contribution is 5.69. The van der Waals surface area contributed by atoms with Gasteiger partial charge in [0.2, 0.25) is 0 Å². The molecular formula is C14H19N. The Hall–Kier alpha value is -1.37. The maximum Gasteiger partial charge on any atom is 0.0697 e. The van der Waals surface area contributed by atoms with E-state index >= 15 is 0 Å². The van der Waals surface area contributed by atoms with Crippen molar-refractivity contribution in [3.8, 4) is 0 Å². The van der Waals surface area contributed by atoms with Gasteiger partial charge >= 0.3 is 0 Å². The Labute approximate surface area is 92.6 Å². The number of aliphatic imine (C=N–C) groups is 1. The van der Waals surface area contributed by atoms with Crippen molar-refractivity contribution in [2.24, 2.45) is 4.99 Å². The van der Waals surface area contributed by atoms with Crippen LogP contribution in [0.1, 0.15) is 38.8 Å². The van der Waals surface area contributed by atoms with E-state index in [1.165, 1.54) is 5.56 Å². The minimum Gasteiger partial charge on any atom is -0.261 e. The quantitative estimate of drug-likeness (QED) is 0.631. The van der Waals surface area contributed by atoms with Crippen molar-refractivity contribution in [3.63, 3.8) is 0 Å². The normalized spacial score (nSPS) is 12.0. The van der Waals surface area contributed by atoms with Crippen LogP contribution in [0.25, 0.3) is 6.08 Å². The van der Waals surface area contributed by atoms with Crippen LogP contribution in [0.4, 0.5) is 5.69 Å². The van der Waals surface area contributed by atoms with Gasteiger partial charge in [0.25, 0.3) is 0 Å². The maximum atomic E-state index is 4.30. The molecule has 0 spiro atoms. The minimum atomic E-state index is 0.173. The molecule has 0 N–H and O–H groups in total. The van der Waals surface area contributed by atoms with Crippen molar-refractivity contribution in [2.45, 2.75) is 33.1 Å². The lowest BCUT2D eigenvalue weighted by Gasteiger charge is -2.20. The number of nitrogens with zero attached hydrogens (tertiary/aromatic N) is 1. The number of hydrogen-bond acceptors (Lipinski definition) is 1. The van der Waals surface area contributed by atoms with Crippen LogP contribution in [0, 0.1) is 0 Å². The summed E-state index contributed by atoms with van der Waals surface area (Å²) in [6.07, 6.45) is 3.66. The van der Waals surface area contributed by atoms with Gasteiger partial charge < -0.3 is 0 Å². The lowest BCUT2D eigenvalue weighted by Crippen LogP contribution is -2.10. The molecule has 0 aliphatic carbocycles. The fraction of sp³-hybridized carbons (Fsp3) is 0.357. The fourth-order valence-corrected chi connectivity index (χ4v) is 1.44. The maximum absolute atomic E-state index is 4.30. The van der Waals surface area contributed by atoms with Crippen LogP contribution in [0.5, 0.6) is 0 Å². The molecule has 0 fully saturated rings. The van der Waals surface area contributed by atoms with E-state index in [9.17, 15) is 0 Å². The molecular weight excluding hydrogens is 182 g/mol. The molecule has 0 saturated carbocycles. The van der Waals surface area contributed by atoms with Crippen molar-refractivity contribution in [2.75, 3.05) is 0 Å². The Bertz CT molecular complexity index is 381. The first kappa shape index (κ1) is 11.7. The summed E-state index contributed by atoms with van der Waals surface area (Å²) in [6, 6.07) is 6.35. The molecule has 0 unspecified atom stereocenters. The number of rotatable bonds is 2. The van der Waals surface area contributed by atoms with Crippen molar-refractivity contribution in [1.82, 2.24) is 0 Å². The second-order valence-corrected chi connectivity index (χ2v) is 4.62. The topological polar surface area (TPSA) is 12.4 Å². The van der Waals surface area contributed by atoms with Gasteiger partial charge in [0.05, 0.1) is 5.69 Å². The molecule has 0 aliphatic heterocycles. The van der Waals surface area contributed by atoms with Gasteiger partial charge in [-0.05, 0) is 35.6 Å². The van der Waals surface area contributed by atoms with Crippen molar-refractivity contribution in [3.05, 3.63) is 35.9 Å². The molecule has 0 aliphatic rings. The monoisotopic (exact) mass is 201 g/mol. The lowest BCUT2D eigenvalue weighted by molar-refractivity contribution is 0.590. The Morgan fingerprint density at radius 3 is 2.40 bits per heavy atom. The third-order valence-electron chi connectivity index (χ3n) is 2.38. The van der Waals surface area contributed by atoms with Crippen LogP contribution in [-0.2, 0) is 5.41 Å². The van der Waals surface area contributed by atoms with E-state index in [-0.39, 0.29) is 5.41 Å². The summed E-state index contributed by atoms with van der Waals surface area (Å²) in [6.45, 7) is 12.4. The zero-order valence-electron chi connectivity index (χ0n) is 10.0. The molecule has 0 radical (unpaired) electrons. The highest BCUT2D eigenvalue weighted by atomic mass is 14.7. The molecule has 1 heteroatoms. The van der Waals surface area contributed by atoms with Gasteiger partial charge in [-0.3, -0.25) is 4.99 Å². The zero-order chi connectivity index (χ0) is 11.5. The molecule has 1 nitrogen and oxygen atoms in total. The van der Waals surface area contributed by atoms with E-state index in [4.69, 9.17) is 0 Å². The first-order valence-corrected chi connectivity index (χ1v) is 5.24. The molecule has 0 amide bonds. The van der Waals surface area contributed by atoms with Crippen LogP contribution < -0.4 is 0 Å². The summed E-state index contributed by atoms with van der Waals surface area (Å²) in [5.74, 6) is 0. The minimum absolute atomic E-state index is 0.173. The van der Waals surface area contributed by atoms with Gasteiger partial charge in [0, 0.05) is 6.21 Å². The van der Waals surface area contributed by atoms with E-state index in [0.717, 1.165) is 11.3 Å². The second kappa shape index (κ2) is 4.43. The fourth-order valence-electron chi connectivity index (χ4n) is 1.44. The van der Waals surface area contributed by atoms with Crippen LogP contribution in [0.15, 0.2) is 29.8 Å². The van der Waals surface area contributed by atoms with E-state index < -0.39 is 0 Å². The number of benzene rings is 1. The molecule has 80 valence electrons. The Balaban J connectivity index is 3.25. The van der Waals surface area contributed by atoms with Gasteiger partial charge in [-0.2, -0.15) is 0 Å². The SMILES string of the molecule is C=Cc1cc(C(C)(C)C)ccc1/N=C\C. The second-order valence-electron chi connectivity index (χ2n) is 4.62. The van der Waals surface area contributed by atoms with Crippen molar-refractivity contribution >= 4 is 18.0 Å². The van der Waals surface area contributed by atoms with Crippen LogP contribution in [-0.4, -0.2) is 6.21 Å². The Morgan fingerprint density at radius 1 is 1.27 bits per heavy atom. The Kier molecular flexibility index (Phi) is 3.46. The zero-order valence-corrected chi connectivity index (χ0v) is 10.0. The van der Waals surface area contributed by atoms with E-state index in [2.05, 4.69) is 50.5 Å². The average Bonchev–Trinajstić information content (AvgIpc) is 2.17. The lowest BCUT2D eigenvalue weighted by atomic mass is 9.86. The van der Waals surface area contributed by atoms with E-state index in [0.29, 0.717) is 0 Å². The molecule has 1 rings (SSSR count). The summed E-state index contributed by atoms with van der Waals surface area (Å²) in [5.41, 5.74) is 3.57. The highest BCUT2D eigenvalue weighted by Gasteiger charge is 2.14. The molecule has 0 heterocycles. The third kappa shape index (κ3) is 2.79. The molecule has 15 heavy (non-hydrogen) atoms. The predicted molar refractivity (Wildman–Crippen MR) is 69.1 cm³/mol. The van der Waals surface area contributed by atoms with E-state index in [1.807, 2.05) is 13.0 Å². The first-order chi connectivity index (χ1) is 6.99. The van der Waals surface area contributed by atoms with Gasteiger partial charge in [-0.1, -0.05) is 39.5 Å². The first-order valence-electron chi connectivity index (χ1n) is 5.24. The van der Waals surface area contributed by atoms with Gasteiger partial charge in [-0.15, -0.1) is 0 Å². The molecule has 0 bridgehead atoms. The van der Waals surface area contributed by atoms with Crippen molar-refractivity contribution < 1.29 is 0 Å². The summed E-state index contributed by atoms with van der Waals surface area (Å²) in [4.78, 5) is 4.30. The van der Waals surface area contributed by atoms with Gasteiger partial charge in [0.1, 0.15) is 0 Å². The van der Waals surface area contributed by atoms with Crippen LogP contribution in [0.3, 0.4) is 0 Å². The average molecular weight is 201 g/mol. The third-order valence-corrected chi connectivity index (χ3v) is 2.38. The molecule has 0 saturated heterocycles. The largest absolute Gasteiger partial charge is 0.261 e. The molecule has 0 atom stereocenters. The predicted octanol–water partition coefficient (Wildman–Crippen LogP) is 4.35. The van der Waals surface area contributed by atoms with Gasteiger partial charge in [0.15, 0.2) is 0 Å². The van der Waals surface area contributed by atoms with E-state index in [1.54, 1.807) is 6.21 Å². The molecule has 1 aromatic carbocycles. The summed E-state index contributed by atoms with van der Waals surface area (Å²) >= 11 is 0. The summed E-state index contributed by atoms with van der Waals surface area (Å²) < 4.78 is 0. The van der Waals surface area contributed by atoms with Crippen LogP contribution >= 0.6 is 0 Å². The van der Waals surface area contributed by atoms with Crippen LogP contribution in [0.2, 0.25) is 0 Å². The number of hydrogen-bond donors (Lipinski definition) is 0. The molecule has 0 aromatic heterocycles. The molecule has 1 aromatic rings. The summed E-state index contributed by atoms with van der Waals surface area (Å²) in [7, 11) is 0.